The smallest absolute Gasteiger partial charge is 0.0149 e. The highest BCUT2D eigenvalue weighted by atomic mass is 15.2. The second-order valence-corrected chi connectivity index (χ2v) is 6.39. The SMILES string of the molecule is CC(C)(C)[C@H]1CCCN1C(C)(C)C. The molecule has 0 aliphatic carbocycles. The molecule has 13 heavy (non-hydrogen) atoms. The molecule has 1 fully saturated rings. The van der Waals surface area contributed by atoms with E-state index in [1.54, 1.807) is 0 Å². The van der Waals surface area contributed by atoms with E-state index in [2.05, 4.69) is 46.4 Å². The fraction of sp³-hybridized carbons (Fsp3) is 1.00. The molecule has 0 bridgehead atoms. The van der Waals surface area contributed by atoms with E-state index in [9.17, 15) is 0 Å². The molecule has 0 spiro atoms. The topological polar surface area (TPSA) is 3.24 Å². The van der Waals surface area contributed by atoms with E-state index in [0.717, 1.165) is 6.04 Å². The van der Waals surface area contributed by atoms with Gasteiger partial charge in [0, 0.05) is 11.6 Å². The highest BCUT2D eigenvalue weighted by Gasteiger charge is 2.38. The summed E-state index contributed by atoms with van der Waals surface area (Å²) < 4.78 is 0. The molecule has 0 amide bonds. The van der Waals surface area contributed by atoms with Gasteiger partial charge < -0.3 is 0 Å². The van der Waals surface area contributed by atoms with Gasteiger partial charge in [-0.15, -0.1) is 0 Å². The summed E-state index contributed by atoms with van der Waals surface area (Å²) in [6, 6.07) is 0.771. The molecule has 1 nitrogen and oxygen atoms in total. The molecule has 0 aromatic heterocycles. The normalized spacial score (nSPS) is 26.8. The zero-order valence-electron chi connectivity index (χ0n) is 10.1. The van der Waals surface area contributed by atoms with E-state index >= 15 is 0 Å². The van der Waals surface area contributed by atoms with E-state index in [-0.39, 0.29) is 0 Å². The van der Waals surface area contributed by atoms with Crippen molar-refractivity contribution in [2.24, 2.45) is 5.41 Å². The minimum Gasteiger partial charge on any atom is -0.295 e. The Morgan fingerprint density at radius 2 is 1.54 bits per heavy atom. The van der Waals surface area contributed by atoms with Crippen molar-refractivity contribution in [2.45, 2.75) is 66.0 Å². The van der Waals surface area contributed by atoms with Gasteiger partial charge in [-0.3, -0.25) is 4.90 Å². The van der Waals surface area contributed by atoms with Crippen LogP contribution in [0.4, 0.5) is 0 Å². The third kappa shape index (κ3) is 2.46. The van der Waals surface area contributed by atoms with E-state index < -0.39 is 0 Å². The van der Waals surface area contributed by atoms with Crippen LogP contribution >= 0.6 is 0 Å². The largest absolute Gasteiger partial charge is 0.295 e. The van der Waals surface area contributed by atoms with Gasteiger partial charge in [0.25, 0.3) is 0 Å². The molecule has 1 heteroatoms. The number of likely N-dealkylation sites (tertiary alicyclic amines) is 1. The van der Waals surface area contributed by atoms with Crippen LogP contribution in [0.15, 0.2) is 0 Å². The van der Waals surface area contributed by atoms with Crippen molar-refractivity contribution in [3.05, 3.63) is 0 Å². The third-order valence-electron chi connectivity index (χ3n) is 3.11. The molecule has 0 N–H and O–H groups in total. The highest BCUT2D eigenvalue weighted by Crippen LogP contribution is 2.36. The van der Waals surface area contributed by atoms with Crippen molar-refractivity contribution in [3.63, 3.8) is 0 Å². The first-order valence-electron chi connectivity index (χ1n) is 5.49. The first-order valence-corrected chi connectivity index (χ1v) is 5.49. The van der Waals surface area contributed by atoms with Crippen molar-refractivity contribution >= 4 is 0 Å². The lowest BCUT2D eigenvalue weighted by Gasteiger charge is -2.43. The molecule has 0 aromatic carbocycles. The first-order chi connectivity index (χ1) is 5.73. The van der Waals surface area contributed by atoms with E-state index in [1.165, 1.54) is 19.4 Å². The van der Waals surface area contributed by atoms with Gasteiger partial charge in [0.2, 0.25) is 0 Å². The van der Waals surface area contributed by atoms with Crippen LogP contribution in [-0.2, 0) is 0 Å². The molecule has 0 saturated carbocycles. The fourth-order valence-electron chi connectivity index (χ4n) is 2.47. The number of hydrogen-bond donors (Lipinski definition) is 0. The Balaban J connectivity index is 2.76. The lowest BCUT2D eigenvalue weighted by molar-refractivity contribution is 0.0582. The van der Waals surface area contributed by atoms with Crippen LogP contribution in [0.25, 0.3) is 0 Å². The van der Waals surface area contributed by atoms with Gasteiger partial charge >= 0.3 is 0 Å². The van der Waals surface area contributed by atoms with Crippen LogP contribution in [0, 0.1) is 5.41 Å². The lowest BCUT2D eigenvalue weighted by atomic mass is 9.83. The summed E-state index contributed by atoms with van der Waals surface area (Å²) >= 11 is 0. The molecule has 1 heterocycles. The maximum atomic E-state index is 2.67. The number of nitrogens with zero attached hydrogens (tertiary/aromatic N) is 1. The van der Waals surface area contributed by atoms with Gasteiger partial charge in [-0.25, -0.2) is 0 Å². The second-order valence-electron chi connectivity index (χ2n) is 6.39. The van der Waals surface area contributed by atoms with Crippen LogP contribution in [0.3, 0.4) is 0 Å². The summed E-state index contributed by atoms with van der Waals surface area (Å²) in [7, 11) is 0. The van der Waals surface area contributed by atoms with Crippen LogP contribution < -0.4 is 0 Å². The summed E-state index contributed by atoms with van der Waals surface area (Å²) in [6.45, 7) is 15.4. The van der Waals surface area contributed by atoms with Crippen LogP contribution in [0.1, 0.15) is 54.4 Å². The van der Waals surface area contributed by atoms with E-state index in [1.807, 2.05) is 0 Å². The van der Waals surface area contributed by atoms with Gasteiger partial charge in [0.05, 0.1) is 0 Å². The summed E-state index contributed by atoms with van der Waals surface area (Å²) in [5.74, 6) is 0. The number of rotatable bonds is 0. The molecule has 0 radical (unpaired) electrons. The Kier molecular flexibility index (Phi) is 2.78. The molecule has 1 rings (SSSR count). The quantitative estimate of drug-likeness (QED) is 0.557. The van der Waals surface area contributed by atoms with Crippen molar-refractivity contribution in [1.82, 2.24) is 4.90 Å². The van der Waals surface area contributed by atoms with Crippen molar-refractivity contribution in [1.29, 1.82) is 0 Å². The Labute approximate surface area is 83.5 Å². The molecule has 1 aliphatic rings. The minimum absolute atomic E-state index is 0.342. The molecule has 1 atom stereocenters. The van der Waals surface area contributed by atoms with Crippen LogP contribution in [0.5, 0.6) is 0 Å². The summed E-state index contributed by atoms with van der Waals surface area (Å²) in [6.07, 6.45) is 2.75. The Morgan fingerprint density at radius 3 is 1.85 bits per heavy atom. The van der Waals surface area contributed by atoms with Crippen molar-refractivity contribution in [2.75, 3.05) is 6.54 Å². The molecule has 1 aliphatic heterocycles. The van der Waals surface area contributed by atoms with E-state index in [4.69, 9.17) is 0 Å². The van der Waals surface area contributed by atoms with Gasteiger partial charge in [-0.05, 0) is 45.6 Å². The highest BCUT2D eigenvalue weighted by molar-refractivity contribution is 4.93. The first kappa shape index (κ1) is 11.0. The maximum absolute atomic E-state index is 2.67. The average molecular weight is 183 g/mol. The molecule has 0 unspecified atom stereocenters. The Morgan fingerprint density at radius 1 is 1.00 bits per heavy atom. The maximum Gasteiger partial charge on any atom is 0.0149 e. The molecule has 1 saturated heterocycles. The van der Waals surface area contributed by atoms with Gasteiger partial charge in [-0.1, -0.05) is 20.8 Å². The monoisotopic (exact) mass is 183 g/mol. The van der Waals surface area contributed by atoms with Crippen LogP contribution in [-0.4, -0.2) is 23.0 Å². The zero-order valence-corrected chi connectivity index (χ0v) is 10.1. The van der Waals surface area contributed by atoms with Gasteiger partial charge in [-0.2, -0.15) is 0 Å². The average Bonchev–Trinajstić information content (AvgIpc) is 2.27. The minimum atomic E-state index is 0.342. The Bertz CT molecular complexity index is 151. The van der Waals surface area contributed by atoms with Crippen LogP contribution in [0.2, 0.25) is 0 Å². The van der Waals surface area contributed by atoms with Crippen molar-refractivity contribution < 1.29 is 0 Å². The standard InChI is InChI=1S/C12H25N/c1-11(2,3)10-8-7-9-13(10)12(4,5)6/h10H,7-9H2,1-6H3/t10-/m1/s1. The third-order valence-corrected chi connectivity index (χ3v) is 3.11. The van der Waals surface area contributed by atoms with E-state index in [0.29, 0.717) is 11.0 Å². The van der Waals surface area contributed by atoms with Gasteiger partial charge in [0.1, 0.15) is 0 Å². The predicted molar refractivity (Wildman–Crippen MR) is 58.9 cm³/mol. The second kappa shape index (κ2) is 3.27. The number of hydrogen-bond acceptors (Lipinski definition) is 1. The summed E-state index contributed by atoms with van der Waals surface area (Å²) in [5, 5.41) is 0. The summed E-state index contributed by atoms with van der Waals surface area (Å²) in [5.41, 5.74) is 0.776. The Hall–Kier alpha value is -0.0400. The summed E-state index contributed by atoms with van der Waals surface area (Å²) in [4.78, 5) is 2.67. The fourth-order valence-corrected chi connectivity index (χ4v) is 2.47. The molecular formula is C12H25N. The lowest BCUT2D eigenvalue weighted by Crippen LogP contribution is -2.49. The molecular weight excluding hydrogens is 158 g/mol. The molecule has 0 aromatic rings. The predicted octanol–water partition coefficient (Wildman–Crippen LogP) is 3.30. The zero-order chi connectivity index (χ0) is 10.3. The van der Waals surface area contributed by atoms with Gasteiger partial charge in [0.15, 0.2) is 0 Å². The molecule has 78 valence electrons. The van der Waals surface area contributed by atoms with Crippen molar-refractivity contribution in [3.8, 4) is 0 Å².